The van der Waals surface area contributed by atoms with Crippen molar-refractivity contribution in [2.24, 2.45) is 0 Å². The van der Waals surface area contributed by atoms with Crippen LogP contribution >= 0.6 is 0 Å². The molecule has 0 fully saturated rings. The van der Waals surface area contributed by atoms with Crippen molar-refractivity contribution >= 4 is 23.0 Å². The number of anilines is 2. The Morgan fingerprint density at radius 2 is 1.89 bits per heavy atom. The van der Waals surface area contributed by atoms with Gasteiger partial charge < -0.3 is 15.3 Å². The zero-order valence-corrected chi connectivity index (χ0v) is 21.5. The third-order valence-electron chi connectivity index (χ3n) is 6.95. The molecule has 0 bridgehead atoms. The number of allylic oxidation sites excluding steroid dienone is 2. The van der Waals surface area contributed by atoms with Crippen LogP contribution in [0.25, 0.3) is 5.57 Å². The molecule has 0 aliphatic carbocycles. The molecule has 2 atom stereocenters. The Bertz CT molecular complexity index is 1290. The average Bonchev–Trinajstić information content (AvgIpc) is 2.92. The third kappa shape index (κ3) is 5.20. The molecular formula is C31H35N3O2. The number of rotatable bonds is 9. The Labute approximate surface area is 214 Å². The molecule has 2 aromatic carbocycles. The highest BCUT2D eigenvalue weighted by Gasteiger charge is 2.29. The number of pyridine rings is 1. The van der Waals surface area contributed by atoms with E-state index in [9.17, 15) is 9.90 Å². The van der Waals surface area contributed by atoms with Crippen LogP contribution in [-0.4, -0.2) is 22.1 Å². The molecule has 5 nitrogen and oxygen atoms in total. The maximum Gasteiger partial charge on any atom is 0.337 e. The van der Waals surface area contributed by atoms with Gasteiger partial charge in [0, 0.05) is 6.20 Å². The number of aromatic nitrogens is 1. The van der Waals surface area contributed by atoms with Gasteiger partial charge in [0.2, 0.25) is 0 Å². The summed E-state index contributed by atoms with van der Waals surface area (Å²) in [5.41, 5.74) is 5.53. The lowest BCUT2D eigenvalue weighted by Gasteiger charge is -2.38. The topological polar surface area (TPSA) is 65.5 Å². The van der Waals surface area contributed by atoms with Gasteiger partial charge in [0.1, 0.15) is 11.6 Å². The third-order valence-corrected chi connectivity index (χ3v) is 6.95. The van der Waals surface area contributed by atoms with E-state index in [4.69, 9.17) is 4.98 Å². The number of carboxylic acids is 1. The van der Waals surface area contributed by atoms with Gasteiger partial charge in [-0.3, -0.25) is 0 Å². The van der Waals surface area contributed by atoms with Gasteiger partial charge in [-0.2, -0.15) is 0 Å². The van der Waals surface area contributed by atoms with Gasteiger partial charge in [0.05, 0.1) is 17.3 Å². The van der Waals surface area contributed by atoms with E-state index in [0.29, 0.717) is 11.6 Å². The molecule has 0 amide bonds. The summed E-state index contributed by atoms with van der Waals surface area (Å²) in [6.45, 7) is 8.74. The lowest BCUT2D eigenvalue weighted by Crippen LogP contribution is -2.39. The molecule has 36 heavy (non-hydrogen) atoms. The van der Waals surface area contributed by atoms with Crippen molar-refractivity contribution in [3.05, 3.63) is 107 Å². The minimum atomic E-state index is -0.961. The second-order valence-electron chi connectivity index (χ2n) is 9.25. The van der Waals surface area contributed by atoms with Crippen molar-refractivity contribution in [2.45, 2.75) is 58.9 Å². The fourth-order valence-corrected chi connectivity index (χ4v) is 4.68. The predicted molar refractivity (Wildman–Crippen MR) is 148 cm³/mol. The van der Waals surface area contributed by atoms with Crippen LogP contribution in [0.15, 0.2) is 84.8 Å². The number of aromatic carboxylic acids is 1. The minimum absolute atomic E-state index is 0.0486. The van der Waals surface area contributed by atoms with Gasteiger partial charge in [0.25, 0.3) is 0 Å². The van der Waals surface area contributed by atoms with E-state index in [1.807, 2.05) is 24.4 Å². The van der Waals surface area contributed by atoms with Crippen LogP contribution < -0.4 is 10.2 Å². The number of nitrogens with one attached hydrogen (secondary N) is 1. The van der Waals surface area contributed by atoms with Crippen molar-refractivity contribution in [2.75, 3.05) is 10.2 Å². The van der Waals surface area contributed by atoms with E-state index in [1.54, 1.807) is 12.1 Å². The van der Waals surface area contributed by atoms with E-state index >= 15 is 0 Å². The molecule has 5 heteroatoms. The summed E-state index contributed by atoms with van der Waals surface area (Å²) >= 11 is 0. The SMILES string of the molecule is CCc1cccc(C2=CC(CC)N(c3ncccc3C(C)CC)C(Nc3ccccc3C(=O)O)=C2)c1. The summed E-state index contributed by atoms with van der Waals surface area (Å²) in [6.07, 6.45) is 9.10. The quantitative estimate of drug-likeness (QED) is 0.331. The van der Waals surface area contributed by atoms with E-state index in [2.05, 4.69) is 80.4 Å². The molecule has 0 saturated carbocycles. The largest absolute Gasteiger partial charge is 0.478 e. The number of carbonyl (C=O) groups is 1. The molecule has 2 N–H and O–H groups in total. The standard InChI is InChI=1S/C31H35N3O2/c1-5-21(4)26-15-11-17-32-30(26)34-25(7-3)19-24(23-13-10-12-22(6-2)18-23)20-29(34)33-28-16-9-8-14-27(28)31(35)36/h8-21,25,33H,5-7H2,1-4H3,(H,35,36). The summed E-state index contributed by atoms with van der Waals surface area (Å²) < 4.78 is 0. The minimum Gasteiger partial charge on any atom is -0.478 e. The molecule has 186 valence electrons. The van der Waals surface area contributed by atoms with Crippen LogP contribution in [-0.2, 0) is 6.42 Å². The molecule has 1 aliphatic heterocycles. The van der Waals surface area contributed by atoms with Crippen molar-refractivity contribution in [1.29, 1.82) is 0 Å². The molecule has 1 aromatic heterocycles. The summed E-state index contributed by atoms with van der Waals surface area (Å²) in [5, 5.41) is 13.3. The lowest BCUT2D eigenvalue weighted by atomic mass is 9.94. The maximum atomic E-state index is 12.0. The van der Waals surface area contributed by atoms with Crippen molar-refractivity contribution in [3.63, 3.8) is 0 Å². The average molecular weight is 482 g/mol. The second kappa shape index (κ2) is 11.3. The molecule has 1 aliphatic rings. The zero-order valence-electron chi connectivity index (χ0n) is 21.5. The smallest absolute Gasteiger partial charge is 0.337 e. The number of aryl methyl sites for hydroxylation is 1. The first-order chi connectivity index (χ1) is 17.5. The van der Waals surface area contributed by atoms with Crippen LogP contribution in [0.2, 0.25) is 0 Å². The number of benzene rings is 2. The second-order valence-corrected chi connectivity index (χ2v) is 9.25. The Hall–Kier alpha value is -3.86. The van der Waals surface area contributed by atoms with E-state index < -0.39 is 5.97 Å². The monoisotopic (exact) mass is 481 g/mol. The molecule has 2 unspecified atom stereocenters. The highest BCUT2D eigenvalue weighted by molar-refractivity contribution is 5.95. The van der Waals surface area contributed by atoms with Crippen molar-refractivity contribution < 1.29 is 9.90 Å². The predicted octanol–water partition coefficient (Wildman–Crippen LogP) is 7.49. The first-order valence-corrected chi connectivity index (χ1v) is 12.8. The Morgan fingerprint density at radius 1 is 1.08 bits per heavy atom. The fourth-order valence-electron chi connectivity index (χ4n) is 4.68. The molecule has 2 heterocycles. The molecule has 0 radical (unpaired) electrons. The van der Waals surface area contributed by atoms with E-state index in [-0.39, 0.29) is 11.6 Å². The molecule has 0 saturated heterocycles. The number of para-hydroxylation sites is 1. The normalized spacial score (nSPS) is 16.2. The summed E-state index contributed by atoms with van der Waals surface area (Å²) in [6, 6.07) is 19.8. The van der Waals surface area contributed by atoms with Crippen LogP contribution in [0.4, 0.5) is 11.5 Å². The van der Waals surface area contributed by atoms with Gasteiger partial charge in [-0.1, -0.05) is 76.2 Å². The number of carboxylic acid groups (broad SMARTS) is 1. The van der Waals surface area contributed by atoms with Crippen LogP contribution in [0.1, 0.15) is 73.5 Å². The van der Waals surface area contributed by atoms with Gasteiger partial charge >= 0.3 is 5.97 Å². The van der Waals surface area contributed by atoms with E-state index in [0.717, 1.165) is 42.0 Å². The Balaban J connectivity index is 1.88. The lowest BCUT2D eigenvalue weighted by molar-refractivity contribution is 0.0698. The fraction of sp³-hybridized carbons (Fsp3) is 0.290. The molecule has 4 rings (SSSR count). The van der Waals surface area contributed by atoms with Crippen LogP contribution in [0.5, 0.6) is 0 Å². The molecule has 3 aromatic rings. The zero-order chi connectivity index (χ0) is 25.7. The van der Waals surface area contributed by atoms with Crippen LogP contribution in [0.3, 0.4) is 0 Å². The first kappa shape index (κ1) is 25.2. The highest BCUT2D eigenvalue weighted by Crippen LogP contribution is 2.37. The summed E-state index contributed by atoms with van der Waals surface area (Å²) in [4.78, 5) is 19.1. The number of hydrogen-bond donors (Lipinski definition) is 2. The molecular weight excluding hydrogens is 446 g/mol. The van der Waals surface area contributed by atoms with Crippen LogP contribution in [0, 0.1) is 0 Å². The maximum absolute atomic E-state index is 12.0. The van der Waals surface area contributed by atoms with Crippen molar-refractivity contribution in [3.8, 4) is 0 Å². The van der Waals surface area contributed by atoms with E-state index in [1.165, 1.54) is 11.1 Å². The van der Waals surface area contributed by atoms with Gasteiger partial charge in [-0.05, 0) is 71.7 Å². The first-order valence-electron chi connectivity index (χ1n) is 12.8. The number of hydrogen-bond acceptors (Lipinski definition) is 4. The number of nitrogens with zero attached hydrogens (tertiary/aromatic N) is 2. The van der Waals surface area contributed by atoms with Gasteiger partial charge in [-0.25, -0.2) is 9.78 Å². The molecule has 0 spiro atoms. The highest BCUT2D eigenvalue weighted by atomic mass is 16.4. The Kier molecular flexibility index (Phi) is 7.89. The summed E-state index contributed by atoms with van der Waals surface area (Å²) in [5.74, 6) is 1.10. The van der Waals surface area contributed by atoms with Gasteiger partial charge in [-0.15, -0.1) is 0 Å². The van der Waals surface area contributed by atoms with Gasteiger partial charge in [0.15, 0.2) is 0 Å². The Morgan fingerprint density at radius 3 is 2.61 bits per heavy atom. The van der Waals surface area contributed by atoms with Crippen molar-refractivity contribution in [1.82, 2.24) is 4.98 Å². The summed E-state index contributed by atoms with van der Waals surface area (Å²) in [7, 11) is 0.